The van der Waals surface area contributed by atoms with E-state index >= 15 is 0 Å². The van der Waals surface area contributed by atoms with Gasteiger partial charge in [-0.05, 0) is 57.3 Å². The topological polar surface area (TPSA) is 237 Å². The first kappa shape index (κ1) is 87.5. The molecule has 0 rings (SSSR count). The molecule has 0 aliphatic heterocycles. The smallest absolute Gasteiger partial charge is 0.462 e. The first-order valence-electron chi connectivity index (χ1n) is 36.5. The van der Waals surface area contributed by atoms with Crippen molar-refractivity contribution in [2.24, 2.45) is 5.92 Å². The largest absolute Gasteiger partial charge is 0.472 e. The van der Waals surface area contributed by atoms with Gasteiger partial charge in [-0.25, -0.2) is 9.13 Å². The first-order chi connectivity index (χ1) is 43.5. The summed E-state index contributed by atoms with van der Waals surface area (Å²) in [6.07, 6.45) is 53.7. The zero-order valence-corrected chi connectivity index (χ0v) is 59.5. The average molecular weight is 1320 g/mol. The fourth-order valence-electron chi connectivity index (χ4n) is 10.3. The summed E-state index contributed by atoms with van der Waals surface area (Å²) in [6.45, 7) is 7.16. The van der Waals surface area contributed by atoms with E-state index in [1.54, 1.807) is 0 Å². The Labute approximate surface area is 548 Å². The summed E-state index contributed by atoms with van der Waals surface area (Å²) in [4.78, 5) is 72.3. The van der Waals surface area contributed by atoms with Gasteiger partial charge < -0.3 is 33.8 Å². The molecule has 90 heavy (non-hydrogen) atoms. The van der Waals surface area contributed by atoms with Gasteiger partial charge in [0, 0.05) is 25.7 Å². The van der Waals surface area contributed by atoms with Crippen molar-refractivity contribution < 1.29 is 80.2 Å². The van der Waals surface area contributed by atoms with Crippen molar-refractivity contribution in [3.05, 3.63) is 24.3 Å². The number of aliphatic hydroxyl groups excluding tert-OH is 1. The number of phosphoric ester groups is 2. The highest BCUT2D eigenvalue weighted by Crippen LogP contribution is 2.45. The quantitative estimate of drug-likeness (QED) is 0.0169. The molecule has 3 N–H and O–H groups in total. The summed E-state index contributed by atoms with van der Waals surface area (Å²) < 4.78 is 68.1. The van der Waals surface area contributed by atoms with Gasteiger partial charge in [-0.15, -0.1) is 0 Å². The molecule has 0 saturated carbocycles. The van der Waals surface area contributed by atoms with E-state index in [-0.39, 0.29) is 25.7 Å². The molecule has 19 heteroatoms. The highest BCUT2D eigenvalue weighted by atomic mass is 31.2. The van der Waals surface area contributed by atoms with E-state index in [1.807, 2.05) is 0 Å². The Hall–Kier alpha value is -2.46. The van der Waals surface area contributed by atoms with E-state index in [4.69, 9.17) is 37.0 Å². The van der Waals surface area contributed by atoms with E-state index in [9.17, 15) is 43.2 Å². The molecule has 0 aromatic rings. The van der Waals surface area contributed by atoms with Crippen LogP contribution in [0.1, 0.15) is 343 Å². The van der Waals surface area contributed by atoms with Gasteiger partial charge in [-0.1, -0.05) is 290 Å². The van der Waals surface area contributed by atoms with Crippen LogP contribution in [-0.2, 0) is 65.4 Å². The molecule has 0 saturated heterocycles. The molecule has 0 heterocycles. The number of allylic oxidation sites excluding steroid dienone is 4. The second-order valence-electron chi connectivity index (χ2n) is 25.4. The molecule has 0 spiro atoms. The standard InChI is InChI=1S/C71H134O17P2/c1-6-9-12-15-18-21-22-23-26-30-33-36-41-45-50-55-69(74)82-61-67(88-71(76)57-52-47-42-37-34-31-28-25-24-27-29-32-35-38-43-48-53-64(4)5)63-86-90(79,80)84-59-65(72)58-83-89(77,78)85-62-66(87-70(75)56-51-46-40-20-17-14-11-8-3)60-81-68(73)54-49-44-39-19-16-13-10-7-2/h21-23,26,64-67,72H,6-20,24-25,27-63H2,1-5H3,(H,77,78)(H,79,80)/b22-21-,26-23-/t65-,66+,67+/m0/s1. The van der Waals surface area contributed by atoms with Gasteiger partial charge in [-0.2, -0.15) is 0 Å². The summed E-state index contributed by atoms with van der Waals surface area (Å²) in [5, 5.41) is 10.6. The Morgan fingerprint density at radius 1 is 0.344 bits per heavy atom. The number of ether oxygens (including phenoxy) is 4. The number of esters is 4. The second-order valence-corrected chi connectivity index (χ2v) is 28.3. The van der Waals surface area contributed by atoms with Gasteiger partial charge in [0.2, 0.25) is 0 Å². The van der Waals surface area contributed by atoms with Crippen molar-refractivity contribution in [1.82, 2.24) is 0 Å². The average Bonchev–Trinajstić information content (AvgIpc) is 2.83. The predicted molar refractivity (Wildman–Crippen MR) is 363 cm³/mol. The highest BCUT2D eigenvalue weighted by Gasteiger charge is 2.30. The van der Waals surface area contributed by atoms with Crippen LogP contribution in [-0.4, -0.2) is 96.7 Å². The van der Waals surface area contributed by atoms with Crippen LogP contribution in [0.15, 0.2) is 24.3 Å². The summed E-state index contributed by atoms with van der Waals surface area (Å²) in [7, 11) is -9.90. The number of carbonyl (C=O) groups is 4. The maximum atomic E-state index is 13.0. The number of hydrogen-bond acceptors (Lipinski definition) is 15. The molecule has 0 aliphatic carbocycles. The van der Waals surface area contributed by atoms with E-state index in [0.717, 1.165) is 128 Å². The van der Waals surface area contributed by atoms with Gasteiger partial charge in [0.15, 0.2) is 12.2 Å². The number of carbonyl (C=O) groups excluding carboxylic acids is 4. The fraction of sp³-hybridized carbons (Fsp3) is 0.887. The van der Waals surface area contributed by atoms with Crippen molar-refractivity contribution >= 4 is 39.5 Å². The van der Waals surface area contributed by atoms with Crippen molar-refractivity contribution in [2.75, 3.05) is 39.6 Å². The fourth-order valence-corrected chi connectivity index (χ4v) is 11.9. The molecule has 0 aliphatic rings. The molecule has 530 valence electrons. The number of aliphatic hydroxyl groups is 1. The molecule has 17 nitrogen and oxygen atoms in total. The third-order valence-corrected chi connectivity index (χ3v) is 17.8. The number of unbranched alkanes of at least 4 members (excludes halogenated alkanes) is 38. The number of rotatable bonds is 69. The van der Waals surface area contributed by atoms with E-state index in [0.29, 0.717) is 25.7 Å². The Kier molecular flexibility index (Phi) is 62.2. The third kappa shape index (κ3) is 64.3. The summed E-state index contributed by atoms with van der Waals surface area (Å²) in [5.74, 6) is -1.35. The minimum absolute atomic E-state index is 0.101. The maximum absolute atomic E-state index is 13.0. The molecular weight excluding hydrogens is 1190 g/mol. The molecule has 5 atom stereocenters. The van der Waals surface area contributed by atoms with Gasteiger partial charge >= 0.3 is 39.5 Å². The summed E-state index contributed by atoms with van der Waals surface area (Å²) in [6, 6.07) is 0. The van der Waals surface area contributed by atoms with Crippen molar-refractivity contribution in [2.45, 2.75) is 361 Å². The molecule has 0 aromatic carbocycles. The van der Waals surface area contributed by atoms with Crippen LogP contribution in [0, 0.1) is 5.92 Å². The van der Waals surface area contributed by atoms with E-state index in [2.05, 4.69) is 58.9 Å². The Morgan fingerprint density at radius 2 is 0.600 bits per heavy atom. The van der Waals surface area contributed by atoms with Crippen LogP contribution in [0.5, 0.6) is 0 Å². The molecule has 0 radical (unpaired) electrons. The minimum atomic E-state index is -4.96. The second kappa shape index (κ2) is 63.9. The van der Waals surface area contributed by atoms with Crippen LogP contribution < -0.4 is 0 Å². The van der Waals surface area contributed by atoms with Gasteiger partial charge in [-0.3, -0.25) is 37.3 Å². The molecule has 0 fully saturated rings. The van der Waals surface area contributed by atoms with Crippen LogP contribution >= 0.6 is 15.6 Å². The van der Waals surface area contributed by atoms with Gasteiger partial charge in [0.1, 0.15) is 19.3 Å². The van der Waals surface area contributed by atoms with Crippen molar-refractivity contribution in [1.29, 1.82) is 0 Å². The lowest BCUT2D eigenvalue weighted by Crippen LogP contribution is -2.30. The minimum Gasteiger partial charge on any atom is -0.462 e. The lowest BCUT2D eigenvalue weighted by Gasteiger charge is -2.21. The van der Waals surface area contributed by atoms with Crippen LogP contribution in [0.4, 0.5) is 0 Å². The van der Waals surface area contributed by atoms with Gasteiger partial charge in [0.25, 0.3) is 0 Å². The van der Waals surface area contributed by atoms with Crippen molar-refractivity contribution in [3.8, 4) is 0 Å². The SMILES string of the molecule is CCCCCC/C=C\C=C/CCCCCCCC(=O)OC[C@H](COP(=O)(O)OC[C@@H](O)COP(=O)(O)OC[C@@H](COC(=O)CCCCCCCCCC)OC(=O)CCCCCCCCCC)OC(=O)CCCCCCCCCCCCCCCCCCC(C)C. The summed E-state index contributed by atoms with van der Waals surface area (Å²) in [5.41, 5.74) is 0. The van der Waals surface area contributed by atoms with Crippen LogP contribution in [0.3, 0.4) is 0 Å². The maximum Gasteiger partial charge on any atom is 0.472 e. The monoisotopic (exact) mass is 1320 g/mol. The first-order valence-corrected chi connectivity index (χ1v) is 39.4. The van der Waals surface area contributed by atoms with E-state index in [1.165, 1.54) is 135 Å². The number of phosphoric acid groups is 2. The Morgan fingerprint density at radius 3 is 0.911 bits per heavy atom. The number of hydrogen-bond donors (Lipinski definition) is 3. The lowest BCUT2D eigenvalue weighted by atomic mass is 10.0. The lowest BCUT2D eigenvalue weighted by molar-refractivity contribution is -0.161. The van der Waals surface area contributed by atoms with Crippen LogP contribution in [0.25, 0.3) is 0 Å². The Bertz CT molecular complexity index is 1830. The molecule has 0 bridgehead atoms. The molecule has 2 unspecified atom stereocenters. The normalized spacial score (nSPS) is 14.2. The van der Waals surface area contributed by atoms with E-state index < -0.39 is 97.5 Å². The van der Waals surface area contributed by atoms with Crippen LogP contribution in [0.2, 0.25) is 0 Å². The molecule has 0 amide bonds. The van der Waals surface area contributed by atoms with Crippen molar-refractivity contribution in [3.63, 3.8) is 0 Å². The summed E-state index contributed by atoms with van der Waals surface area (Å²) >= 11 is 0. The Balaban J connectivity index is 5.20. The zero-order valence-electron chi connectivity index (χ0n) is 57.8. The zero-order chi connectivity index (χ0) is 66.3. The predicted octanol–water partition coefficient (Wildman–Crippen LogP) is 20.1. The molecule has 0 aromatic heterocycles. The third-order valence-electron chi connectivity index (χ3n) is 15.9. The molecular formula is C71H134O17P2. The van der Waals surface area contributed by atoms with Gasteiger partial charge in [0.05, 0.1) is 26.4 Å². The highest BCUT2D eigenvalue weighted by molar-refractivity contribution is 7.47.